The van der Waals surface area contributed by atoms with Crippen molar-refractivity contribution in [3.63, 3.8) is 0 Å². The van der Waals surface area contributed by atoms with Gasteiger partial charge in [-0.3, -0.25) is 4.99 Å². The lowest BCUT2D eigenvalue weighted by atomic mass is 9.74. The summed E-state index contributed by atoms with van der Waals surface area (Å²) in [6.45, 7) is 5.92. The maximum Gasteiger partial charge on any atom is 0.191 e. The van der Waals surface area contributed by atoms with Gasteiger partial charge in [0.05, 0.1) is 6.54 Å². The first-order chi connectivity index (χ1) is 12.7. The largest absolute Gasteiger partial charge is 0.381 e. The third-order valence-corrected chi connectivity index (χ3v) is 6.69. The molecule has 0 aromatic heterocycles. The summed E-state index contributed by atoms with van der Waals surface area (Å²) in [5.41, 5.74) is 0.886. The lowest BCUT2D eigenvalue weighted by molar-refractivity contribution is 0.0530. The van der Waals surface area contributed by atoms with Gasteiger partial charge in [0.2, 0.25) is 0 Å². The van der Waals surface area contributed by atoms with Crippen molar-refractivity contribution in [1.29, 1.82) is 0 Å². The Labute approximate surface area is 160 Å². The molecule has 2 aliphatic heterocycles. The fraction of sp³-hybridized carbons (Fsp3) is 0.650. The maximum absolute atomic E-state index is 13.8. The number of benzene rings is 1. The normalized spacial score (nSPS) is 23.0. The average Bonchev–Trinajstić information content (AvgIpc) is 3.18. The van der Waals surface area contributed by atoms with Crippen molar-refractivity contribution >= 4 is 17.7 Å². The number of aliphatic imine (C=N–C) groups is 1. The summed E-state index contributed by atoms with van der Waals surface area (Å²) in [6, 6.07) is 6.99. The fourth-order valence-electron chi connectivity index (χ4n) is 3.71. The summed E-state index contributed by atoms with van der Waals surface area (Å²) in [5, 5.41) is 7.53. The molecule has 2 heterocycles. The van der Waals surface area contributed by atoms with Gasteiger partial charge in [-0.2, -0.15) is 11.8 Å². The highest BCUT2D eigenvalue weighted by Gasteiger charge is 2.34. The zero-order valence-corrected chi connectivity index (χ0v) is 16.4. The van der Waals surface area contributed by atoms with Crippen LogP contribution in [-0.4, -0.2) is 49.8 Å². The van der Waals surface area contributed by atoms with Crippen molar-refractivity contribution in [2.45, 2.75) is 43.3 Å². The van der Waals surface area contributed by atoms with Gasteiger partial charge in [0.1, 0.15) is 5.82 Å². The maximum atomic E-state index is 13.8. The van der Waals surface area contributed by atoms with Crippen molar-refractivity contribution in [2.24, 2.45) is 4.99 Å². The van der Waals surface area contributed by atoms with Crippen LogP contribution in [0.1, 0.15) is 38.2 Å². The first kappa shape index (κ1) is 19.5. The van der Waals surface area contributed by atoms with E-state index in [-0.39, 0.29) is 11.2 Å². The summed E-state index contributed by atoms with van der Waals surface area (Å²) < 4.78 is 19.4. The zero-order chi connectivity index (χ0) is 18.2. The minimum absolute atomic E-state index is 0.148. The van der Waals surface area contributed by atoms with E-state index in [0.717, 1.165) is 37.5 Å². The number of hydrogen-bond donors (Lipinski definition) is 2. The molecule has 2 N–H and O–H groups in total. The molecule has 0 bridgehead atoms. The molecule has 0 radical (unpaired) electrons. The molecule has 0 amide bonds. The van der Waals surface area contributed by atoms with E-state index in [0.29, 0.717) is 25.0 Å². The van der Waals surface area contributed by atoms with Gasteiger partial charge in [-0.1, -0.05) is 12.1 Å². The van der Waals surface area contributed by atoms with Crippen molar-refractivity contribution in [1.82, 2.24) is 10.6 Å². The van der Waals surface area contributed by atoms with Crippen LogP contribution in [0.15, 0.2) is 29.3 Å². The zero-order valence-electron chi connectivity index (χ0n) is 15.6. The Kier molecular flexibility index (Phi) is 7.20. The molecule has 1 aromatic carbocycles. The van der Waals surface area contributed by atoms with Crippen LogP contribution >= 0.6 is 11.8 Å². The first-order valence-electron chi connectivity index (χ1n) is 9.69. The van der Waals surface area contributed by atoms with E-state index in [1.54, 1.807) is 12.1 Å². The van der Waals surface area contributed by atoms with E-state index in [4.69, 9.17) is 9.73 Å². The molecule has 4 nitrogen and oxygen atoms in total. The Hall–Kier alpha value is -1.27. The van der Waals surface area contributed by atoms with Crippen molar-refractivity contribution < 1.29 is 9.13 Å². The summed E-state index contributed by atoms with van der Waals surface area (Å²) in [7, 11) is 0. The Morgan fingerprint density at radius 2 is 2.19 bits per heavy atom. The number of halogens is 1. The van der Waals surface area contributed by atoms with Gasteiger partial charge in [0.15, 0.2) is 5.96 Å². The Balaban J connectivity index is 1.72. The number of thioether (sulfide) groups is 1. The SMILES string of the molecule is CCNC(=NCC1(c2cccc(F)c2)CCOCC1)NCC1CCCS1. The van der Waals surface area contributed by atoms with Gasteiger partial charge in [0, 0.05) is 37.0 Å². The minimum atomic E-state index is -0.180. The Bertz CT molecular complexity index is 598. The van der Waals surface area contributed by atoms with Crippen LogP contribution in [0.2, 0.25) is 0 Å². The quantitative estimate of drug-likeness (QED) is 0.588. The summed E-state index contributed by atoms with van der Waals surface area (Å²) in [4.78, 5) is 4.88. The van der Waals surface area contributed by atoms with Gasteiger partial charge in [0.25, 0.3) is 0 Å². The number of hydrogen-bond acceptors (Lipinski definition) is 3. The molecule has 0 aliphatic carbocycles. The van der Waals surface area contributed by atoms with E-state index in [1.807, 2.05) is 17.8 Å². The molecule has 1 aromatic rings. The molecule has 6 heteroatoms. The third-order valence-electron chi connectivity index (χ3n) is 5.29. The van der Waals surface area contributed by atoms with Crippen molar-refractivity contribution in [3.8, 4) is 0 Å². The molecule has 1 unspecified atom stereocenters. The highest BCUT2D eigenvalue weighted by molar-refractivity contribution is 8.00. The second-order valence-electron chi connectivity index (χ2n) is 7.11. The molecule has 2 fully saturated rings. The molecule has 2 aliphatic rings. The van der Waals surface area contributed by atoms with Crippen LogP contribution in [0.25, 0.3) is 0 Å². The number of nitrogens with one attached hydrogen (secondary N) is 2. The fourth-order valence-corrected chi connectivity index (χ4v) is 4.91. The predicted molar refractivity (Wildman–Crippen MR) is 108 cm³/mol. The standard InChI is InChI=1S/C20H30FN3OS/c1-2-22-19(23-14-18-7-4-12-26-18)24-15-20(8-10-25-11-9-20)16-5-3-6-17(21)13-16/h3,5-6,13,18H,2,4,7-12,14-15H2,1H3,(H2,22,23,24). The van der Waals surface area contributed by atoms with E-state index in [1.165, 1.54) is 24.7 Å². The number of ether oxygens (including phenoxy) is 1. The van der Waals surface area contributed by atoms with Crippen molar-refractivity contribution in [2.75, 3.05) is 38.6 Å². The summed E-state index contributed by atoms with van der Waals surface area (Å²) >= 11 is 2.04. The van der Waals surface area contributed by atoms with Crippen molar-refractivity contribution in [3.05, 3.63) is 35.6 Å². The number of nitrogens with zero attached hydrogens (tertiary/aromatic N) is 1. The summed E-state index contributed by atoms with van der Waals surface area (Å²) in [5.74, 6) is 1.95. The highest BCUT2D eigenvalue weighted by Crippen LogP contribution is 2.35. The number of rotatable bonds is 6. The monoisotopic (exact) mass is 379 g/mol. The van der Waals surface area contributed by atoms with Gasteiger partial charge < -0.3 is 15.4 Å². The van der Waals surface area contributed by atoms with E-state index >= 15 is 0 Å². The van der Waals surface area contributed by atoms with Crippen LogP contribution in [-0.2, 0) is 10.2 Å². The first-order valence-corrected chi connectivity index (χ1v) is 10.7. The van der Waals surface area contributed by atoms with Gasteiger partial charge in [-0.25, -0.2) is 4.39 Å². The minimum Gasteiger partial charge on any atom is -0.381 e. The topological polar surface area (TPSA) is 45.7 Å². The highest BCUT2D eigenvalue weighted by atomic mass is 32.2. The van der Waals surface area contributed by atoms with Gasteiger partial charge >= 0.3 is 0 Å². The smallest absolute Gasteiger partial charge is 0.191 e. The molecule has 0 spiro atoms. The Morgan fingerprint density at radius 1 is 1.35 bits per heavy atom. The molecule has 26 heavy (non-hydrogen) atoms. The predicted octanol–water partition coefficient (Wildman–Crippen LogP) is 3.32. The molecule has 2 saturated heterocycles. The van der Waals surface area contributed by atoms with E-state index < -0.39 is 0 Å². The molecule has 0 saturated carbocycles. The van der Waals surface area contributed by atoms with E-state index in [9.17, 15) is 4.39 Å². The lowest BCUT2D eigenvalue weighted by Gasteiger charge is -2.36. The van der Waals surface area contributed by atoms with Gasteiger partial charge in [-0.05, 0) is 56.1 Å². The van der Waals surface area contributed by atoms with E-state index in [2.05, 4.69) is 17.6 Å². The second kappa shape index (κ2) is 9.60. The third kappa shape index (κ3) is 5.13. The molecule has 144 valence electrons. The molecular formula is C20H30FN3OS. The Morgan fingerprint density at radius 3 is 2.88 bits per heavy atom. The van der Waals surface area contributed by atoms with Crippen LogP contribution in [0.4, 0.5) is 4.39 Å². The molecule has 3 rings (SSSR count). The second-order valence-corrected chi connectivity index (χ2v) is 8.52. The van der Waals surface area contributed by atoms with Crippen LogP contribution < -0.4 is 10.6 Å². The van der Waals surface area contributed by atoms with Crippen LogP contribution in [0, 0.1) is 5.82 Å². The average molecular weight is 380 g/mol. The number of guanidine groups is 1. The molecule has 1 atom stereocenters. The molecular weight excluding hydrogens is 349 g/mol. The van der Waals surface area contributed by atoms with Gasteiger partial charge in [-0.15, -0.1) is 0 Å². The van der Waals surface area contributed by atoms with Crippen LogP contribution in [0.3, 0.4) is 0 Å². The summed E-state index contributed by atoms with van der Waals surface area (Å²) in [6.07, 6.45) is 4.34. The van der Waals surface area contributed by atoms with Crippen LogP contribution in [0.5, 0.6) is 0 Å². The lowest BCUT2D eigenvalue weighted by Crippen LogP contribution is -2.42.